The minimum atomic E-state index is 0.0476. The van der Waals surface area contributed by atoms with Gasteiger partial charge in [-0.15, -0.1) is 11.6 Å². The van der Waals surface area contributed by atoms with Crippen LogP contribution >= 0.6 is 11.6 Å². The fourth-order valence-corrected chi connectivity index (χ4v) is 2.65. The van der Waals surface area contributed by atoms with Crippen LogP contribution in [0.15, 0.2) is 18.2 Å². The van der Waals surface area contributed by atoms with Crippen LogP contribution < -0.4 is 4.74 Å². The summed E-state index contributed by atoms with van der Waals surface area (Å²) in [6.07, 6.45) is 2.20. The van der Waals surface area contributed by atoms with Crippen molar-refractivity contribution >= 4 is 11.6 Å². The molecule has 0 radical (unpaired) electrons. The van der Waals surface area contributed by atoms with Gasteiger partial charge < -0.3 is 4.74 Å². The number of ether oxygens (including phenoxy) is 1. The summed E-state index contributed by atoms with van der Waals surface area (Å²) >= 11 is 6.61. The smallest absolute Gasteiger partial charge is 0.123 e. The van der Waals surface area contributed by atoms with Crippen LogP contribution in [0.4, 0.5) is 0 Å². The van der Waals surface area contributed by atoms with Crippen molar-refractivity contribution in [2.75, 3.05) is 6.61 Å². The van der Waals surface area contributed by atoms with E-state index in [0.717, 1.165) is 24.2 Å². The lowest BCUT2D eigenvalue weighted by Crippen LogP contribution is -2.08. The van der Waals surface area contributed by atoms with Crippen LogP contribution in [0.25, 0.3) is 0 Å². The highest BCUT2D eigenvalue weighted by Crippen LogP contribution is 2.38. The normalized spacial score (nSPS) is 12.8. The summed E-state index contributed by atoms with van der Waals surface area (Å²) in [7, 11) is 0. The van der Waals surface area contributed by atoms with E-state index in [4.69, 9.17) is 16.3 Å². The van der Waals surface area contributed by atoms with Crippen LogP contribution in [-0.2, 0) is 0 Å². The molecule has 1 unspecified atom stereocenters. The fraction of sp³-hybridized carbons (Fsp3) is 0.600. The minimum absolute atomic E-state index is 0.0476. The highest BCUT2D eigenvalue weighted by molar-refractivity contribution is 6.21. The second-order valence-corrected chi connectivity index (χ2v) is 4.92. The van der Waals surface area contributed by atoms with Gasteiger partial charge in [-0.3, -0.25) is 0 Å². The number of rotatable bonds is 6. The largest absolute Gasteiger partial charge is 0.494 e. The molecule has 0 aliphatic heterocycles. The average molecular weight is 255 g/mol. The zero-order valence-corrected chi connectivity index (χ0v) is 12.1. The number of aryl methyl sites for hydroxylation is 1. The van der Waals surface area contributed by atoms with Gasteiger partial charge in [0.2, 0.25) is 0 Å². The average Bonchev–Trinajstić information content (AvgIpc) is 2.33. The van der Waals surface area contributed by atoms with E-state index in [9.17, 15) is 0 Å². The quantitative estimate of drug-likeness (QED) is 0.641. The Morgan fingerprint density at radius 3 is 2.35 bits per heavy atom. The number of halogens is 1. The molecule has 2 heteroatoms. The van der Waals surface area contributed by atoms with Crippen LogP contribution in [0.2, 0.25) is 0 Å². The third kappa shape index (κ3) is 3.64. The van der Waals surface area contributed by atoms with Gasteiger partial charge in [0.1, 0.15) is 5.75 Å². The van der Waals surface area contributed by atoms with Crippen molar-refractivity contribution in [3.8, 4) is 5.75 Å². The third-order valence-electron chi connectivity index (χ3n) is 3.22. The van der Waals surface area contributed by atoms with Gasteiger partial charge in [-0.1, -0.05) is 44.4 Å². The van der Waals surface area contributed by atoms with Crippen LogP contribution in [0, 0.1) is 12.8 Å². The molecule has 1 aromatic carbocycles. The molecule has 0 aromatic heterocycles. The van der Waals surface area contributed by atoms with E-state index in [2.05, 4.69) is 32.9 Å². The maximum atomic E-state index is 6.61. The molecule has 0 amide bonds. The van der Waals surface area contributed by atoms with E-state index in [1.54, 1.807) is 0 Å². The molecule has 0 bridgehead atoms. The molecule has 1 aromatic rings. The van der Waals surface area contributed by atoms with Crippen molar-refractivity contribution in [2.24, 2.45) is 5.92 Å². The van der Waals surface area contributed by atoms with E-state index in [-0.39, 0.29) is 5.38 Å². The number of benzene rings is 1. The lowest BCUT2D eigenvalue weighted by molar-refractivity contribution is 0.332. The Morgan fingerprint density at radius 2 is 1.82 bits per heavy atom. The highest BCUT2D eigenvalue weighted by atomic mass is 35.5. The van der Waals surface area contributed by atoms with E-state index < -0.39 is 0 Å². The zero-order valence-electron chi connectivity index (χ0n) is 11.3. The first-order valence-electron chi connectivity index (χ1n) is 6.51. The number of hydrogen-bond acceptors (Lipinski definition) is 1. The summed E-state index contributed by atoms with van der Waals surface area (Å²) in [5, 5.41) is 0.0476. The molecule has 0 saturated heterocycles. The van der Waals surface area contributed by atoms with Gasteiger partial charge in [-0.2, -0.15) is 0 Å². The van der Waals surface area contributed by atoms with E-state index in [1.165, 1.54) is 5.56 Å². The molecule has 0 aliphatic carbocycles. The topological polar surface area (TPSA) is 9.23 Å². The minimum Gasteiger partial charge on any atom is -0.494 e. The van der Waals surface area contributed by atoms with Crippen LogP contribution in [0.5, 0.6) is 5.75 Å². The highest BCUT2D eigenvalue weighted by Gasteiger charge is 2.21. The molecule has 0 fully saturated rings. The van der Waals surface area contributed by atoms with Crippen LogP contribution in [-0.4, -0.2) is 6.61 Å². The van der Waals surface area contributed by atoms with Gasteiger partial charge in [0.15, 0.2) is 0 Å². The van der Waals surface area contributed by atoms with E-state index in [1.807, 2.05) is 13.0 Å². The maximum Gasteiger partial charge on any atom is 0.123 e. The van der Waals surface area contributed by atoms with Crippen molar-refractivity contribution in [3.05, 3.63) is 29.3 Å². The van der Waals surface area contributed by atoms with Crippen molar-refractivity contribution in [1.29, 1.82) is 0 Å². The molecular weight excluding hydrogens is 232 g/mol. The molecule has 0 saturated carbocycles. The molecule has 0 heterocycles. The Labute approximate surface area is 110 Å². The van der Waals surface area contributed by atoms with Crippen LogP contribution in [0.1, 0.15) is 50.1 Å². The maximum absolute atomic E-state index is 6.61. The number of alkyl halides is 1. The summed E-state index contributed by atoms with van der Waals surface area (Å²) in [6.45, 7) is 9.17. The van der Waals surface area contributed by atoms with Gasteiger partial charge >= 0.3 is 0 Å². The lowest BCUT2D eigenvalue weighted by Gasteiger charge is -2.22. The Bertz CT molecular complexity index is 345. The molecular formula is C15H23ClO. The summed E-state index contributed by atoms with van der Waals surface area (Å²) in [5.41, 5.74) is 2.38. The zero-order chi connectivity index (χ0) is 12.8. The summed E-state index contributed by atoms with van der Waals surface area (Å²) in [6, 6.07) is 6.26. The molecule has 0 spiro atoms. The molecule has 0 N–H and O–H groups in total. The Kier molecular flexibility index (Phi) is 5.84. The van der Waals surface area contributed by atoms with Gasteiger partial charge in [0.05, 0.1) is 12.0 Å². The van der Waals surface area contributed by atoms with E-state index in [0.29, 0.717) is 12.5 Å². The Balaban J connectivity index is 3.04. The second-order valence-electron chi connectivity index (χ2n) is 4.45. The second kappa shape index (κ2) is 6.90. The van der Waals surface area contributed by atoms with Gasteiger partial charge in [-0.25, -0.2) is 0 Å². The first kappa shape index (κ1) is 14.4. The predicted molar refractivity (Wildman–Crippen MR) is 75.0 cm³/mol. The molecule has 1 nitrogen and oxygen atoms in total. The summed E-state index contributed by atoms with van der Waals surface area (Å²) < 4.78 is 5.67. The Morgan fingerprint density at radius 1 is 1.18 bits per heavy atom. The van der Waals surface area contributed by atoms with Crippen molar-refractivity contribution in [2.45, 2.75) is 45.9 Å². The molecule has 96 valence electrons. The molecule has 1 atom stereocenters. The summed E-state index contributed by atoms with van der Waals surface area (Å²) in [5.74, 6) is 1.45. The van der Waals surface area contributed by atoms with Crippen molar-refractivity contribution < 1.29 is 4.74 Å². The first-order valence-corrected chi connectivity index (χ1v) is 6.95. The SMILES string of the molecule is CCOc1ccc(C)cc1C(Cl)C(CC)CC. The fourth-order valence-electron chi connectivity index (χ4n) is 2.13. The predicted octanol–water partition coefficient (Wildman–Crippen LogP) is 5.11. The van der Waals surface area contributed by atoms with Crippen molar-refractivity contribution in [1.82, 2.24) is 0 Å². The number of hydrogen-bond donors (Lipinski definition) is 0. The van der Waals surface area contributed by atoms with Gasteiger partial charge in [0.25, 0.3) is 0 Å². The van der Waals surface area contributed by atoms with Gasteiger partial charge in [-0.05, 0) is 25.8 Å². The van der Waals surface area contributed by atoms with Crippen LogP contribution in [0.3, 0.4) is 0 Å². The first-order chi connectivity index (χ1) is 8.13. The lowest BCUT2D eigenvalue weighted by atomic mass is 9.92. The molecule has 1 rings (SSSR count). The summed E-state index contributed by atoms with van der Waals surface area (Å²) in [4.78, 5) is 0. The molecule has 0 aliphatic rings. The standard InChI is InChI=1S/C15H23ClO/c1-5-12(6-2)15(16)13-10-11(4)8-9-14(13)17-7-3/h8-10,12,15H,5-7H2,1-4H3. The van der Waals surface area contributed by atoms with Gasteiger partial charge in [0, 0.05) is 5.56 Å². The molecule has 17 heavy (non-hydrogen) atoms. The van der Waals surface area contributed by atoms with E-state index >= 15 is 0 Å². The Hall–Kier alpha value is -0.690. The monoisotopic (exact) mass is 254 g/mol. The third-order valence-corrected chi connectivity index (χ3v) is 3.82. The van der Waals surface area contributed by atoms with Crippen molar-refractivity contribution in [3.63, 3.8) is 0 Å².